The summed E-state index contributed by atoms with van der Waals surface area (Å²) in [5.74, 6) is 0.243. The van der Waals surface area contributed by atoms with Gasteiger partial charge in [-0.25, -0.2) is 8.78 Å². The van der Waals surface area contributed by atoms with Crippen molar-refractivity contribution in [1.82, 2.24) is 4.90 Å². The highest BCUT2D eigenvalue weighted by Gasteiger charge is 2.30. The molecule has 2 aromatic carbocycles. The minimum atomic E-state index is -0.268. The average molecular weight is 331 g/mol. The second kappa shape index (κ2) is 6.49. The fraction of sp³-hybridized carbons (Fsp3) is 0.368. The first-order valence-electron chi connectivity index (χ1n) is 8.19. The van der Waals surface area contributed by atoms with E-state index < -0.39 is 0 Å². The molecule has 2 aromatic rings. The largest absolute Gasteiger partial charge is 0.467 e. The maximum atomic E-state index is 13.9. The zero-order valence-corrected chi connectivity index (χ0v) is 13.3. The second-order valence-corrected chi connectivity index (χ2v) is 6.43. The monoisotopic (exact) mass is 331 g/mol. The van der Waals surface area contributed by atoms with Crippen LogP contribution in [-0.4, -0.2) is 17.7 Å². The Morgan fingerprint density at radius 1 is 1.00 bits per heavy atom. The van der Waals surface area contributed by atoms with Crippen LogP contribution in [0, 0.1) is 11.6 Å². The molecule has 0 spiro atoms. The number of fused-ring (bicyclic) bond motifs is 1. The Morgan fingerprint density at radius 3 is 2.54 bits per heavy atom. The number of benzene rings is 2. The number of hydrogen-bond donors (Lipinski definition) is 0. The lowest BCUT2D eigenvalue weighted by Crippen LogP contribution is -2.26. The Bertz CT molecular complexity index is 729. The predicted molar refractivity (Wildman–Crippen MR) is 85.4 cm³/mol. The van der Waals surface area contributed by atoms with E-state index in [2.05, 4.69) is 4.90 Å². The van der Waals surface area contributed by atoms with Crippen molar-refractivity contribution in [2.24, 2.45) is 0 Å². The lowest BCUT2D eigenvalue weighted by Gasteiger charge is -2.26. The first kappa shape index (κ1) is 15.5. The van der Waals surface area contributed by atoms with Crippen LogP contribution in [0.1, 0.15) is 29.5 Å². The highest BCUT2D eigenvalue weighted by atomic mass is 19.1. The van der Waals surface area contributed by atoms with Crippen molar-refractivity contribution in [3.05, 3.63) is 64.7 Å². The van der Waals surface area contributed by atoms with Crippen molar-refractivity contribution in [2.45, 2.75) is 38.6 Å². The Hall–Kier alpha value is -1.98. The van der Waals surface area contributed by atoms with E-state index in [0.717, 1.165) is 35.3 Å². The summed E-state index contributed by atoms with van der Waals surface area (Å²) in [4.78, 5) is 2.31. The van der Waals surface area contributed by atoms with Crippen LogP contribution in [0.4, 0.5) is 8.78 Å². The van der Waals surface area contributed by atoms with Gasteiger partial charge in [0, 0.05) is 30.3 Å². The quantitative estimate of drug-likeness (QED) is 0.827. The van der Waals surface area contributed by atoms with Crippen molar-refractivity contribution in [2.75, 3.05) is 6.79 Å². The van der Waals surface area contributed by atoms with Gasteiger partial charge in [0.1, 0.15) is 17.4 Å². The van der Waals surface area contributed by atoms with Crippen molar-refractivity contribution < 1.29 is 18.3 Å². The number of hydrogen-bond acceptors (Lipinski definition) is 3. The van der Waals surface area contributed by atoms with Crippen LogP contribution in [0.3, 0.4) is 0 Å². The van der Waals surface area contributed by atoms with Gasteiger partial charge >= 0.3 is 0 Å². The number of rotatable bonds is 5. The smallest absolute Gasteiger partial charge is 0.189 e. The van der Waals surface area contributed by atoms with Crippen molar-refractivity contribution in [1.29, 1.82) is 0 Å². The van der Waals surface area contributed by atoms with E-state index in [9.17, 15) is 8.78 Å². The van der Waals surface area contributed by atoms with Gasteiger partial charge in [-0.05, 0) is 42.7 Å². The maximum absolute atomic E-state index is 13.9. The standard InChI is InChI=1S/C19H19F2NO2/c20-16-3-1-13(2-4-16)9-22(18-5-6-18)10-14-7-17(21)8-15-11-23-12-24-19(14)15/h1-4,7-8,18H,5-6,9-12H2. The minimum Gasteiger partial charge on any atom is -0.467 e. The second-order valence-electron chi connectivity index (χ2n) is 6.43. The van der Waals surface area contributed by atoms with Crippen molar-refractivity contribution >= 4 is 0 Å². The molecule has 0 radical (unpaired) electrons. The third kappa shape index (κ3) is 3.42. The summed E-state index contributed by atoms with van der Waals surface area (Å²) in [7, 11) is 0. The highest BCUT2D eigenvalue weighted by molar-refractivity contribution is 5.42. The van der Waals surface area contributed by atoms with Gasteiger partial charge in [0.15, 0.2) is 6.79 Å². The van der Waals surface area contributed by atoms with E-state index in [1.54, 1.807) is 18.2 Å². The van der Waals surface area contributed by atoms with Gasteiger partial charge in [0.2, 0.25) is 0 Å². The van der Waals surface area contributed by atoms with Crippen LogP contribution in [-0.2, 0) is 24.4 Å². The Labute approximate surface area is 139 Å². The molecule has 0 atom stereocenters. The molecule has 2 aliphatic rings. The first-order chi connectivity index (χ1) is 11.7. The lowest BCUT2D eigenvalue weighted by atomic mass is 10.1. The molecule has 1 aliphatic carbocycles. The van der Waals surface area contributed by atoms with Crippen LogP contribution in [0.15, 0.2) is 36.4 Å². The summed E-state index contributed by atoms with van der Waals surface area (Å²) in [5.41, 5.74) is 2.66. The third-order valence-corrected chi connectivity index (χ3v) is 4.49. The van der Waals surface area contributed by atoms with E-state index >= 15 is 0 Å². The van der Waals surface area contributed by atoms with E-state index in [1.807, 2.05) is 0 Å². The molecule has 0 amide bonds. The molecule has 24 heavy (non-hydrogen) atoms. The fourth-order valence-electron chi connectivity index (χ4n) is 3.17. The molecule has 1 heterocycles. The highest BCUT2D eigenvalue weighted by Crippen LogP contribution is 2.34. The normalized spacial score (nSPS) is 16.8. The molecular weight excluding hydrogens is 312 g/mol. The molecule has 0 bridgehead atoms. The summed E-state index contributed by atoms with van der Waals surface area (Å²) in [6, 6.07) is 10.1. The summed E-state index contributed by atoms with van der Waals surface area (Å²) in [6.45, 7) is 1.91. The molecule has 0 aromatic heterocycles. The topological polar surface area (TPSA) is 21.7 Å². The van der Waals surface area contributed by atoms with Gasteiger partial charge in [-0.1, -0.05) is 12.1 Å². The zero-order valence-electron chi connectivity index (χ0n) is 13.3. The molecule has 1 fully saturated rings. The van der Waals surface area contributed by atoms with Gasteiger partial charge in [0.05, 0.1) is 6.61 Å². The minimum absolute atomic E-state index is 0.201. The summed E-state index contributed by atoms with van der Waals surface area (Å²) in [5, 5.41) is 0. The lowest BCUT2D eigenvalue weighted by molar-refractivity contribution is -0.0177. The summed E-state index contributed by atoms with van der Waals surface area (Å²) in [6.07, 6.45) is 2.28. The van der Waals surface area contributed by atoms with E-state index in [1.165, 1.54) is 18.2 Å². The van der Waals surface area contributed by atoms with Gasteiger partial charge in [-0.2, -0.15) is 0 Å². The molecule has 3 nitrogen and oxygen atoms in total. The van der Waals surface area contributed by atoms with Gasteiger partial charge in [-0.3, -0.25) is 4.90 Å². The van der Waals surface area contributed by atoms with Crippen LogP contribution < -0.4 is 4.74 Å². The van der Waals surface area contributed by atoms with Crippen LogP contribution >= 0.6 is 0 Å². The molecular formula is C19H19F2NO2. The zero-order chi connectivity index (χ0) is 16.5. The third-order valence-electron chi connectivity index (χ3n) is 4.49. The molecule has 1 saturated carbocycles. The summed E-state index contributed by atoms with van der Waals surface area (Å²) < 4.78 is 37.9. The summed E-state index contributed by atoms with van der Waals surface area (Å²) >= 11 is 0. The van der Waals surface area contributed by atoms with Gasteiger partial charge in [0.25, 0.3) is 0 Å². The molecule has 0 N–H and O–H groups in total. The fourth-order valence-corrected chi connectivity index (χ4v) is 3.17. The number of nitrogens with zero attached hydrogens (tertiary/aromatic N) is 1. The van der Waals surface area contributed by atoms with Gasteiger partial charge < -0.3 is 9.47 Å². The Kier molecular flexibility index (Phi) is 4.21. The van der Waals surface area contributed by atoms with Crippen molar-refractivity contribution in [3.8, 4) is 5.75 Å². The Morgan fingerprint density at radius 2 is 1.79 bits per heavy atom. The van der Waals surface area contributed by atoms with Crippen LogP contribution in [0.5, 0.6) is 5.75 Å². The predicted octanol–water partition coefficient (Wildman–Crippen LogP) is 4.00. The first-order valence-corrected chi connectivity index (χ1v) is 8.19. The molecule has 126 valence electrons. The molecule has 1 aliphatic heterocycles. The average Bonchev–Trinajstić information content (AvgIpc) is 3.41. The van der Waals surface area contributed by atoms with Crippen LogP contribution in [0.25, 0.3) is 0 Å². The maximum Gasteiger partial charge on any atom is 0.189 e. The SMILES string of the molecule is Fc1ccc(CN(Cc2cc(F)cc3c2OCOC3)C2CC2)cc1. The van der Waals surface area contributed by atoms with Crippen molar-refractivity contribution in [3.63, 3.8) is 0 Å². The van der Waals surface area contributed by atoms with E-state index in [0.29, 0.717) is 25.7 Å². The Balaban J connectivity index is 1.57. The van der Waals surface area contributed by atoms with E-state index in [-0.39, 0.29) is 18.4 Å². The number of ether oxygens (including phenoxy) is 2. The molecule has 5 heteroatoms. The molecule has 0 unspecified atom stereocenters. The van der Waals surface area contributed by atoms with Gasteiger partial charge in [-0.15, -0.1) is 0 Å². The van der Waals surface area contributed by atoms with Crippen LogP contribution in [0.2, 0.25) is 0 Å². The van der Waals surface area contributed by atoms with E-state index in [4.69, 9.17) is 9.47 Å². The number of halogens is 2. The molecule has 0 saturated heterocycles. The molecule has 4 rings (SSSR count).